The maximum Gasteiger partial charge on any atom is 0.312 e. The normalized spacial score (nSPS) is 31.9. The number of ether oxygens (including phenoxy) is 1. The highest BCUT2D eigenvalue weighted by molar-refractivity contribution is 5.77. The molecule has 0 aromatic heterocycles. The van der Waals surface area contributed by atoms with E-state index in [0.717, 1.165) is 50.5 Å². The Bertz CT molecular complexity index is 781. The largest absolute Gasteiger partial charge is 0.460 e. The van der Waals surface area contributed by atoms with Crippen molar-refractivity contribution < 1.29 is 14.6 Å². The molecule has 0 spiro atoms. The molecule has 164 valence electrons. The Morgan fingerprint density at radius 1 is 1.27 bits per heavy atom. The third-order valence-electron chi connectivity index (χ3n) is 7.97. The van der Waals surface area contributed by atoms with Crippen LogP contribution in [0.15, 0.2) is 54.1 Å². The van der Waals surface area contributed by atoms with Crippen LogP contribution in [0.5, 0.6) is 0 Å². The van der Waals surface area contributed by atoms with E-state index in [1.54, 1.807) is 0 Å². The molecule has 1 N–H and O–H groups in total. The van der Waals surface area contributed by atoms with Gasteiger partial charge in [0.2, 0.25) is 0 Å². The Morgan fingerprint density at radius 3 is 2.70 bits per heavy atom. The van der Waals surface area contributed by atoms with Gasteiger partial charge in [-0.1, -0.05) is 67.5 Å². The molecule has 30 heavy (non-hydrogen) atoms. The van der Waals surface area contributed by atoms with Crippen LogP contribution in [0.2, 0.25) is 0 Å². The molecule has 0 amide bonds. The van der Waals surface area contributed by atoms with Crippen LogP contribution in [-0.4, -0.2) is 17.7 Å². The monoisotopic (exact) mass is 410 g/mol. The van der Waals surface area contributed by atoms with Crippen molar-refractivity contribution in [3.63, 3.8) is 0 Å². The summed E-state index contributed by atoms with van der Waals surface area (Å²) in [6, 6.07) is 9.94. The number of esters is 1. The minimum Gasteiger partial charge on any atom is -0.460 e. The lowest BCUT2D eigenvalue weighted by molar-refractivity contribution is -0.172. The summed E-state index contributed by atoms with van der Waals surface area (Å²) in [4.78, 5) is 13.3. The van der Waals surface area contributed by atoms with Gasteiger partial charge in [-0.2, -0.15) is 0 Å². The molecule has 4 atom stereocenters. The lowest BCUT2D eigenvalue weighted by Gasteiger charge is -2.57. The van der Waals surface area contributed by atoms with Gasteiger partial charge in [-0.25, -0.2) is 0 Å². The summed E-state index contributed by atoms with van der Waals surface area (Å²) in [5.74, 6) is 0.699. The second-order valence-electron chi connectivity index (χ2n) is 9.91. The molecule has 0 saturated heterocycles. The van der Waals surface area contributed by atoms with Crippen molar-refractivity contribution in [2.24, 2.45) is 22.7 Å². The van der Waals surface area contributed by atoms with E-state index < -0.39 is 5.41 Å². The summed E-state index contributed by atoms with van der Waals surface area (Å²) in [5, 5.41) is 9.18. The summed E-state index contributed by atoms with van der Waals surface area (Å²) < 4.78 is 5.86. The smallest absolute Gasteiger partial charge is 0.312 e. The van der Waals surface area contributed by atoms with Crippen molar-refractivity contribution in [2.75, 3.05) is 6.61 Å². The predicted molar refractivity (Wildman–Crippen MR) is 122 cm³/mol. The van der Waals surface area contributed by atoms with Gasteiger partial charge in [0.25, 0.3) is 0 Å². The summed E-state index contributed by atoms with van der Waals surface area (Å²) in [6.07, 6.45) is 9.04. The summed E-state index contributed by atoms with van der Waals surface area (Å²) in [5.41, 5.74) is 3.25. The first-order valence-corrected chi connectivity index (χ1v) is 11.5. The number of rotatable bonds is 7. The van der Waals surface area contributed by atoms with Crippen molar-refractivity contribution >= 4 is 5.97 Å². The molecule has 2 fully saturated rings. The number of carbonyl (C=O) groups excluding carboxylic acids is 1. The van der Waals surface area contributed by atoms with Crippen LogP contribution >= 0.6 is 0 Å². The highest BCUT2D eigenvalue weighted by Gasteiger charge is 2.57. The molecule has 2 aliphatic rings. The van der Waals surface area contributed by atoms with E-state index in [2.05, 4.69) is 27.4 Å². The molecular formula is C27H38O3. The first kappa shape index (κ1) is 22.8. The molecule has 0 aliphatic heterocycles. The third kappa shape index (κ3) is 4.56. The van der Waals surface area contributed by atoms with E-state index in [9.17, 15) is 9.90 Å². The van der Waals surface area contributed by atoms with Crippen molar-refractivity contribution in [3.05, 3.63) is 59.7 Å². The van der Waals surface area contributed by atoms with Crippen LogP contribution < -0.4 is 0 Å². The molecule has 3 nitrogen and oxygen atoms in total. The zero-order valence-electron chi connectivity index (χ0n) is 19.0. The maximum absolute atomic E-state index is 13.3. The van der Waals surface area contributed by atoms with E-state index >= 15 is 0 Å². The number of carbonyl (C=O) groups is 1. The van der Waals surface area contributed by atoms with E-state index in [4.69, 9.17) is 4.74 Å². The second-order valence-corrected chi connectivity index (χ2v) is 9.91. The third-order valence-corrected chi connectivity index (χ3v) is 7.97. The number of benzene rings is 1. The minimum atomic E-state index is -0.434. The number of aliphatic hydroxyl groups excluding tert-OH is 1. The number of fused-ring (bicyclic) bond motifs is 1. The molecule has 0 radical (unpaired) electrons. The second kappa shape index (κ2) is 9.51. The van der Waals surface area contributed by atoms with Crippen molar-refractivity contribution in [1.29, 1.82) is 0 Å². The fraction of sp³-hybridized carbons (Fsp3) is 0.593. The Morgan fingerprint density at radius 2 is 2.00 bits per heavy atom. The van der Waals surface area contributed by atoms with Crippen LogP contribution in [0.4, 0.5) is 0 Å². The minimum absolute atomic E-state index is 0.0371. The van der Waals surface area contributed by atoms with Gasteiger partial charge in [0, 0.05) is 0 Å². The van der Waals surface area contributed by atoms with Gasteiger partial charge in [-0.3, -0.25) is 4.79 Å². The van der Waals surface area contributed by atoms with E-state index in [1.165, 1.54) is 11.1 Å². The van der Waals surface area contributed by atoms with Gasteiger partial charge in [0.15, 0.2) is 0 Å². The number of hydrogen-bond donors (Lipinski definition) is 1. The number of aliphatic hydroxyl groups is 1. The Balaban J connectivity index is 1.77. The molecule has 2 saturated carbocycles. The fourth-order valence-electron chi connectivity index (χ4n) is 6.24. The molecule has 1 aromatic carbocycles. The number of allylic oxidation sites excluding steroid dienone is 2. The molecule has 1 aromatic rings. The SMILES string of the molecule is C=C1CC[C@@H]2[C@](C)(CCC[C@]2(C)C(=O)OCc2ccccc2)[C@H]1CC/C(C)=C/CO. The van der Waals surface area contributed by atoms with Crippen LogP contribution in [-0.2, 0) is 16.1 Å². The topological polar surface area (TPSA) is 46.5 Å². The average Bonchev–Trinajstić information content (AvgIpc) is 2.72. The molecule has 3 heteroatoms. The van der Waals surface area contributed by atoms with Crippen molar-refractivity contribution in [2.45, 2.75) is 72.3 Å². The van der Waals surface area contributed by atoms with E-state index in [-0.39, 0.29) is 18.0 Å². The quantitative estimate of drug-likeness (QED) is 0.428. The lowest BCUT2D eigenvalue weighted by atomic mass is 9.46. The van der Waals surface area contributed by atoms with Gasteiger partial charge in [-0.15, -0.1) is 0 Å². The van der Waals surface area contributed by atoms with Crippen LogP contribution in [0.25, 0.3) is 0 Å². The summed E-state index contributed by atoms with van der Waals surface area (Å²) >= 11 is 0. The van der Waals surface area contributed by atoms with Crippen molar-refractivity contribution in [1.82, 2.24) is 0 Å². The van der Waals surface area contributed by atoms with Gasteiger partial charge < -0.3 is 9.84 Å². The fourth-order valence-corrected chi connectivity index (χ4v) is 6.24. The van der Waals surface area contributed by atoms with Crippen LogP contribution in [0.3, 0.4) is 0 Å². The van der Waals surface area contributed by atoms with Crippen LogP contribution in [0, 0.1) is 22.7 Å². The lowest BCUT2D eigenvalue weighted by Crippen LogP contribution is -2.53. The van der Waals surface area contributed by atoms with Gasteiger partial charge >= 0.3 is 5.97 Å². The first-order valence-electron chi connectivity index (χ1n) is 11.5. The van der Waals surface area contributed by atoms with E-state index in [1.807, 2.05) is 36.4 Å². The highest BCUT2D eigenvalue weighted by atomic mass is 16.5. The molecule has 0 bridgehead atoms. The Hall–Kier alpha value is -1.87. The molecule has 0 unspecified atom stereocenters. The average molecular weight is 411 g/mol. The van der Waals surface area contributed by atoms with Gasteiger partial charge in [0.05, 0.1) is 12.0 Å². The zero-order valence-corrected chi connectivity index (χ0v) is 19.0. The van der Waals surface area contributed by atoms with Gasteiger partial charge in [0.1, 0.15) is 6.61 Å². The van der Waals surface area contributed by atoms with Crippen LogP contribution in [0.1, 0.15) is 71.3 Å². The highest BCUT2D eigenvalue weighted by Crippen LogP contribution is 2.62. The molecule has 3 rings (SSSR count). The zero-order chi connectivity index (χ0) is 21.8. The van der Waals surface area contributed by atoms with Gasteiger partial charge in [-0.05, 0) is 75.2 Å². The predicted octanol–water partition coefficient (Wildman–Crippen LogP) is 6.23. The summed E-state index contributed by atoms with van der Waals surface area (Å²) in [6.45, 7) is 11.5. The summed E-state index contributed by atoms with van der Waals surface area (Å²) in [7, 11) is 0. The number of hydrogen-bond acceptors (Lipinski definition) is 3. The first-order chi connectivity index (χ1) is 14.3. The Kier molecular flexibility index (Phi) is 7.23. The standard InChI is InChI=1S/C27H38O3/c1-20(15-18-28)11-13-23-21(2)12-14-24-26(23,3)16-8-17-27(24,4)25(29)30-19-22-9-6-5-7-10-22/h5-7,9-10,15,23-24,28H,2,8,11-14,16-19H2,1,3-4H3/b20-15+/t23-,24+,26+,27-/m0/s1. The van der Waals surface area contributed by atoms with Crippen molar-refractivity contribution in [3.8, 4) is 0 Å². The maximum atomic E-state index is 13.3. The Labute approximate surface area is 182 Å². The van der Waals surface area contributed by atoms with E-state index in [0.29, 0.717) is 18.4 Å². The molecule has 2 aliphatic carbocycles. The molecular weight excluding hydrogens is 372 g/mol. The molecule has 0 heterocycles.